The summed E-state index contributed by atoms with van der Waals surface area (Å²) in [6.07, 6.45) is 10.3. The Kier molecular flexibility index (Phi) is 8.45. The van der Waals surface area contributed by atoms with Gasteiger partial charge in [-0.05, 0) is 58.9 Å². The van der Waals surface area contributed by atoms with Gasteiger partial charge in [-0.25, -0.2) is 0 Å². The molecule has 1 aromatic rings. The van der Waals surface area contributed by atoms with E-state index >= 15 is 0 Å². The van der Waals surface area contributed by atoms with Crippen LogP contribution in [0.2, 0.25) is 0 Å². The molecule has 3 N–H and O–H groups in total. The fraction of sp³-hybridized carbons (Fsp3) is 0.524. The monoisotopic (exact) mass is 332 g/mol. The van der Waals surface area contributed by atoms with Crippen molar-refractivity contribution in [1.29, 1.82) is 0 Å². The van der Waals surface area contributed by atoms with Gasteiger partial charge in [-0.3, -0.25) is 0 Å². The minimum Gasteiger partial charge on any atom is -0.508 e. The van der Waals surface area contributed by atoms with Gasteiger partial charge >= 0.3 is 0 Å². The van der Waals surface area contributed by atoms with Crippen LogP contribution in [0.15, 0.2) is 29.4 Å². The van der Waals surface area contributed by atoms with E-state index in [4.69, 9.17) is 0 Å². The highest BCUT2D eigenvalue weighted by molar-refractivity contribution is 5.57. The van der Waals surface area contributed by atoms with E-state index in [0.717, 1.165) is 32.1 Å². The standard InChI is InChI=1S/C21H32O3/c1-5-6-7-11-17-14-19(22)18(21(24)20(17)23)13-12-16(4)10-8-9-15(2)3/h9,12,14,22-24H,5-8,10-11,13H2,1-4H3/b16-12-. The SMILES string of the molecule is CCCCCc1cc(O)c(C/C=C(/C)CCC=C(C)C)c(O)c1O. The van der Waals surface area contributed by atoms with Crippen molar-refractivity contribution < 1.29 is 15.3 Å². The predicted molar refractivity (Wildman–Crippen MR) is 101 cm³/mol. The maximum atomic E-state index is 10.2. The average Bonchev–Trinajstić information content (AvgIpc) is 2.51. The van der Waals surface area contributed by atoms with Crippen LogP contribution in [0.1, 0.15) is 70.9 Å². The van der Waals surface area contributed by atoms with E-state index in [1.165, 1.54) is 11.1 Å². The highest BCUT2D eigenvalue weighted by Gasteiger charge is 2.16. The lowest BCUT2D eigenvalue weighted by molar-refractivity contribution is 0.385. The van der Waals surface area contributed by atoms with Crippen molar-refractivity contribution in [3.8, 4) is 17.2 Å². The van der Waals surface area contributed by atoms with Gasteiger partial charge in [-0.1, -0.05) is 43.1 Å². The van der Waals surface area contributed by atoms with E-state index in [-0.39, 0.29) is 17.2 Å². The van der Waals surface area contributed by atoms with Gasteiger partial charge in [-0.2, -0.15) is 0 Å². The molecule has 0 heterocycles. The van der Waals surface area contributed by atoms with E-state index < -0.39 is 0 Å². The third-order valence-corrected chi connectivity index (χ3v) is 4.23. The molecule has 134 valence electrons. The number of unbranched alkanes of at least 4 members (excludes halogenated alkanes) is 2. The number of phenolic OH excluding ortho intramolecular Hbond substituents is 3. The normalized spacial score (nSPS) is 11.6. The van der Waals surface area contributed by atoms with E-state index in [1.807, 2.05) is 13.0 Å². The largest absolute Gasteiger partial charge is 0.508 e. The molecule has 0 spiro atoms. The zero-order valence-electron chi connectivity index (χ0n) is 15.5. The predicted octanol–water partition coefficient (Wildman–Crippen LogP) is 5.77. The van der Waals surface area contributed by atoms with Gasteiger partial charge in [0.2, 0.25) is 0 Å². The smallest absolute Gasteiger partial charge is 0.165 e. The number of benzene rings is 1. The molecule has 0 atom stereocenters. The minimum absolute atomic E-state index is 0.0603. The Morgan fingerprint density at radius 2 is 1.71 bits per heavy atom. The van der Waals surface area contributed by atoms with Crippen LogP contribution in [-0.4, -0.2) is 15.3 Å². The second kappa shape index (κ2) is 10.1. The molecular weight excluding hydrogens is 300 g/mol. The average molecular weight is 332 g/mol. The van der Waals surface area contributed by atoms with Gasteiger partial charge in [0.15, 0.2) is 11.5 Å². The van der Waals surface area contributed by atoms with Gasteiger partial charge in [0.1, 0.15) is 5.75 Å². The van der Waals surface area contributed by atoms with Gasteiger partial charge < -0.3 is 15.3 Å². The Hall–Kier alpha value is -1.90. The van der Waals surface area contributed by atoms with Crippen molar-refractivity contribution >= 4 is 0 Å². The summed E-state index contributed by atoms with van der Waals surface area (Å²) in [7, 11) is 0. The van der Waals surface area contributed by atoms with Gasteiger partial charge in [0.25, 0.3) is 0 Å². The van der Waals surface area contributed by atoms with Crippen molar-refractivity contribution in [2.75, 3.05) is 0 Å². The second-order valence-electron chi connectivity index (χ2n) is 6.76. The highest BCUT2D eigenvalue weighted by Crippen LogP contribution is 2.40. The number of phenols is 3. The summed E-state index contributed by atoms with van der Waals surface area (Å²) in [6, 6.07) is 1.59. The lowest BCUT2D eigenvalue weighted by atomic mass is 9.99. The zero-order chi connectivity index (χ0) is 18.1. The van der Waals surface area contributed by atoms with Crippen molar-refractivity contribution in [2.24, 2.45) is 0 Å². The summed E-state index contributed by atoms with van der Waals surface area (Å²) in [5, 5.41) is 30.6. The first-order valence-electron chi connectivity index (χ1n) is 8.91. The molecule has 0 aliphatic carbocycles. The summed E-state index contributed by atoms with van der Waals surface area (Å²) >= 11 is 0. The van der Waals surface area contributed by atoms with Crippen molar-refractivity contribution in [3.05, 3.63) is 40.5 Å². The van der Waals surface area contributed by atoms with E-state index in [0.29, 0.717) is 24.0 Å². The number of allylic oxidation sites excluding steroid dienone is 4. The molecule has 0 unspecified atom stereocenters. The maximum absolute atomic E-state index is 10.2. The Morgan fingerprint density at radius 3 is 2.33 bits per heavy atom. The molecule has 0 bridgehead atoms. The molecule has 0 aliphatic rings. The van der Waals surface area contributed by atoms with Crippen LogP contribution < -0.4 is 0 Å². The number of aryl methyl sites for hydroxylation is 1. The van der Waals surface area contributed by atoms with Crippen molar-refractivity contribution in [1.82, 2.24) is 0 Å². The maximum Gasteiger partial charge on any atom is 0.165 e. The van der Waals surface area contributed by atoms with Crippen LogP contribution in [0.3, 0.4) is 0 Å². The van der Waals surface area contributed by atoms with Gasteiger partial charge in [0.05, 0.1) is 0 Å². The Morgan fingerprint density at radius 1 is 1.00 bits per heavy atom. The van der Waals surface area contributed by atoms with Crippen LogP contribution in [0, 0.1) is 0 Å². The van der Waals surface area contributed by atoms with Crippen molar-refractivity contribution in [2.45, 2.75) is 72.6 Å². The molecule has 3 nitrogen and oxygen atoms in total. The third-order valence-electron chi connectivity index (χ3n) is 4.23. The zero-order valence-corrected chi connectivity index (χ0v) is 15.5. The highest BCUT2D eigenvalue weighted by atomic mass is 16.3. The number of hydrogen-bond donors (Lipinski definition) is 3. The van der Waals surface area contributed by atoms with Crippen LogP contribution >= 0.6 is 0 Å². The lowest BCUT2D eigenvalue weighted by Gasteiger charge is -2.12. The summed E-state index contributed by atoms with van der Waals surface area (Å²) in [6.45, 7) is 8.33. The fourth-order valence-corrected chi connectivity index (χ4v) is 2.66. The van der Waals surface area contributed by atoms with Crippen LogP contribution in [-0.2, 0) is 12.8 Å². The molecule has 0 aromatic heterocycles. The second-order valence-corrected chi connectivity index (χ2v) is 6.76. The molecule has 24 heavy (non-hydrogen) atoms. The minimum atomic E-state index is -0.185. The number of hydrogen-bond acceptors (Lipinski definition) is 3. The molecule has 1 rings (SSSR count). The number of aromatic hydroxyl groups is 3. The molecule has 0 radical (unpaired) electrons. The third kappa shape index (κ3) is 6.31. The molecule has 0 aliphatic heterocycles. The van der Waals surface area contributed by atoms with E-state index in [1.54, 1.807) is 6.07 Å². The molecule has 0 saturated heterocycles. The topological polar surface area (TPSA) is 60.7 Å². The molecule has 0 amide bonds. The first-order valence-corrected chi connectivity index (χ1v) is 8.91. The molecule has 3 heteroatoms. The number of rotatable bonds is 9. The summed E-state index contributed by atoms with van der Waals surface area (Å²) in [5.74, 6) is -0.213. The Bertz CT molecular complexity index is 594. The molecule has 0 fully saturated rings. The van der Waals surface area contributed by atoms with E-state index in [9.17, 15) is 15.3 Å². The Balaban J connectivity index is 2.81. The molecule has 0 saturated carbocycles. The van der Waals surface area contributed by atoms with Crippen LogP contribution in [0.25, 0.3) is 0 Å². The molecule has 1 aromatic carbocycles. The fourth-order valence-electron chi connectivity index (χ4n) is 2.66. The van der Waals surface area contributed by atoms with Crippen LogP contribution in [0.4, 0.5) is 0 Å². The first-order chi connectivity index (χ1) is 11.4. The quantitative estimate of drug-likeness (QED) is 0.233. The van der Waals surface area contributed by atoms with Crippen molar-refractivity contribution in [3.63, 3.8) is 0 Å². The van der Waals surface area contributed by atoms with Crippen LogP contribution in [0.5, 0.6) is 17.2 Å². The lowest BCUT2D eigenvalue weighted by Crippen LogP contribution is -1.93. The van der Waals surface area contributed by atoms with Gasteiger partial charge in [-0.15, -0.1) is 0 Å². The molecular formula is C21H32O3. The summed E-state index contributed by atoms with van der Waals surface area (Å²) in [4.78, 5) is 0. The summed E-state index contributed by atoms with van der Waals surface area (Å²) in [5.41, 5.74) is 3.53. The summed E-state index contributed by atoms with van der Waals surface area (Å²) < 4.78 is 0. The Labute approximate surface area is 146 Å². The van der Waals surface area contributed by atoms with E-state index in [2.05, 4.69) is 26.8 Å². The first kappa shape index (κ1) is 20.1. The van der Waals surface area contributed by atoms with Gasteiger partial charge in [0, 0.05) is 11.1 Å².